The van der Waals surface area contributed by atoms with E-state index in [0.717, 1.165) is 21.7 Å². The van der Waals surface area contributed by atoms with E-state index in [0.29, 0.717) is 11.3 Å². The lowest BCUT2D eigenvalue weighted by Gasteiger charge is -2.13. The standard InChI is InChI=1S/C21H26N2O4S.C2H6/c1-14(26-5)17(11-19(24)20(27-6)13-25-4)18-12-22-28-21(18)15-7-9-16(10-8-15)23(2)3;1-2/h7-13,24H,1-6H3;1-2H3/b17-14-,19-11+,20-13-;. The first-order valence-electron chi connectivity index (χ1n) is 9.58. The molecule has 0 saturated heterocycles. The molecule has 0 fully saturated rings. The van der Waals surface area contributed by atoms with Gasteiger partial charge in [-0.3, -0.25) is 0 Å². The molecule has 0 radical (unpaired) electrons. The Bertz CT molecular complexity index is 881. The van der Waals surface area contributed by atoms with Crippen molar-refractivity contribution in [2.45, 2.75) is 20.8 Å². The van der Waals surface area contributed by atoms with Gasteiger partial charge in [-0.25, -0.2) is 0 Å². The average Bonchev–Trinajstić information content (AvgIpc) is 3.26. The summed E-state index contributed by atoms with van der Waals surface area (Å²) in [6.45, 7) is 5.84. The second-order valence-electron chi connectivity index (χ2n) is 6.14. The highest BCUT2D eigenvalue weighted by Gasteiger charge is 2.17. The predicted molar refractivity (Wildman–Crippen MR) is 126 cm³/mol. The molecule has 1 heterocycles. The van der Waals surface area contributed by atoms with Gasteiger partial charge >= 0.3 is 0 Å². The number of methoxy groups -OCH3 is 3. The minimum absolute atomic E-state index is 0.0733. The third kappa shape index (κ3) is 6.29. The molecule has 7 heteroatoms. The van der Waals surface area contributed by atoms with Crippen LogP contribution in [0.3, 0.4) is 0 Å². The van der Waals surface area contributed by atoms with Crippen LogP contribution in [0.1, 0.15) is 26.3 Å². The third-order valence-electron chi connectivity index (χ3n) is 4.17. The van der Waals surface area contributed by atoms with Crippen molar-refractivity contribution in [3.05, 3.63) is 65.6 Å². The van der Waals surface area contributed by atoms with E-state index in [-0.39, 0.29) is 11.5 Å². The topological polar surface area (TPSA) is 64.0 Å². The normalized spacial score (nSPS) is 12.4. The molecule has 0 saturated carbocycles. The molecule has 164 valence electrons. The summed E-state index contributed by atoms with van der Waals surface area (Å²) in [6, 6.07) is 8.23. The van der Waals surface area contributed by atoms with E-state index in [2.05, 4.69) is 28.6 Å². The maximum absolute atomic E-state index is 10.5. The second kappa shape index (κ2) is 12.6. The Morgan fingerprint density at radius 1 is 1.07 bits per heavy atom. The molecule has 0 unspecified atom stereocenters. The first-order chi connectivity index (χ1) is 14.4. The Labute approximate surface area is 183 Å². The second-order valence-corrected chi connectivity index (χ2v) is 6.94. The van der Waals surface area contributed by atoms with E-state index < -0.39 is 0 Å². The summed E-state index contributed by atoms with van der Waals surface area (Å²) in [5, 5.41) is 10.5. The summed E-state index contributed by atoms with van der Waals surface area (Å²) in [5.74, 6) is 0.783. The van der Waals surface area contributed by atoms with Crippen LogP contribution in [0.25, 0.3) is 16.0 Å². The van der Waals surface area contributed by atoms with Crippen molar-refractivity contribution in [1.29, 1.82) is 0 Å². The molecule has 0 aliphatic rings. The number of allylic oxidation sites excluding steroid dienone is 3. The van der Waals surface area contributed by atoms with Gasteiger partial charge in [-0.15, -0.1) is 0 Å². The smallest absolute Gasteiger partial charge is 0.195 e. The van der Waals surface area contributed by atoms with Gasteiger partial charge in [-0.1, -0.05) is 26.0 Å². The number of nitrogens with zero attached hydrogens (tertiary/aromatic N) is 2. The predicted octanol–water partition coefficient (Wildman–Crippen LogP) is 5.86. The third-order valence-corrected chi connectivity index (χ3v) is 5.02. The monoisotopic (exact) mass is 432 g/mol. The van der Waals surface area contributed by atoms with Crippen LogP contribution < -0.4 is 4.90 Å². The summed E-state index contributed by atoms with van der Waals surface area (Å²) < 4.78 is 19.9. The van der Waals surface area contributed by atoms with Crippen LogP contribution in [-0.2, 0) is 14.2 Å². The number of hydrogen-bond donors (Lipinski definition) is 1. The number of aliphatic hydroxyl groups excluding tert-OH is 1. The first-order valence-corrected chi connectivity index (χ1v) is 10.4. The van der Waals surface area contributed by atoms with E-state index >= 15 is 0 Å². The quantitative estimate of drug-likeness (QED) is 0.417. The Balaban J connectivity index is 0.00000218. The Kier molecular flexibility index (Phi) is 10.5. The number of hydrogen-bond acceptors (Lipinski definition) is 7. The van der Waals surface area contributed by atoms with Gasteiger partial charge in [0.1, 0.15) is 12.0 Å². The fourth-order valence-electron chi connectivity index (χ4n) is 2.56. The molecular weight excluding hydrogens is 400 g/mol. The summed E-state index contributed by atoms with van der Waals surface area (Å²) in [6.07, 6.45) is 4.70. The lowest BCUT2D eigenvalue weighted by atomic mass is 10.0. The summed E-state index contributed by atoms with van der Waals surface area (Å²) >= 11 is 1.39. The van der Waals surface area contributed by atoms with Gasteiger partial charge < -0.3 is 24.2 Å². The van der Waals surface area contributed by atoms with Crippen LogP contribution in [0.15, 0.2) is 60.1 Å². The molecule has 1 N–H and O–H groups in total. The van der Waals surface area contributed by atoms with Crippen molar-refractivity contribution in [3.63, 3.8) is 0 Å². The molecular formula is C23H32N2O4S. The van der Waals surface area contributed by atoms with Crippen molar-refractivity contribution < 1.29 is 19.3 Å². The van der Waals surface area contributed by atoms with Gasteiger partial charge in [-0.2, -0.15) is 4.37 Å². The molecule has 2 rings (SSSR count). The molecule has 0 bridgehead atoms. The number of benzene rings is 1. The van der Waals surface area contributed by atoms with Crippen LogP contribution >= 0.6 is 11.5 Å². The first kappa shape index (κ1) is 25.1. The summed E-state index contributed by atoms with van der Waals surface area (Å²) in [4.78, 5) is 3.03. The zero-order chi connectivity index (χ0) is 22.7. The molecule has 0 amide bonds. The van der Waals surface area contributed by atoms with Gasteiger partial charge in [0.05, 0.1) is 26.2 Å². The van der Waals surface area contributed by atoms with Crippen LogP contribution in [0, 0.1) is 0 Å². The highest BCUT2D eigenvalue weighted by atomic mass is 32.1. The van der Waals surface area contributed by atoms with Gasteiger partial charge in [0.2, 0.25) is 0 Å². The lowest BCUT2D eigenvalue weighted by Crippen LogP contribution is -2.07. The summed E-state index contributed by atoms with van der Waals surface area (Å²) in [5.41, 5.74) is 3.73. The van der Waals surface area contributed by atoms with Crippen LogP contribution in [0.2, 0.25) is 0 Å². The van der Waals surface area contributed by atoms with Crippen LogP contribution in [0.4, 0.5) is 5.69 Å². The maximum atomic E-state index is 10.5. The van der Waals surface area contributed by atoms with E-state index in [4.69, 9.17) is 14.2 Å². The molecule has 1 aromatic carbocycles. The van der Waals surface area contributed by atoms with Crippen molar-refractivity contribution in [2.24, 2.45) is 0 Å². The average molecular weight is 433 g/mol. The number of aromatic nitrogens is 1. The number of rotatable bonds is 8. The highest BCUT2D eigenvalue weighted by molar-refractivity contribution is 7.09. The molecule has 1 aromatic heterocycles. The zero-order valence-corrected chi connectivity index (χ0v) is 19.8. The van der Waals surface area contributed by atoms with Gasteiger partial charge in [0, 0.05) is 37.1 Å². The molecule has 0 aliphatic carbocycles. The van der Waals surface area contributed by atoms with Crippen LogP contribution in [0.5, 0.6) is 0 Å². The van der Waals surface area contributed by atoms with Crippen molar-refractivity contribution in [3.8, 4) is 10.4 Å². The number of ether oxygens (including phenoxy) is 3. The molecule has 0 atom stereocenters. The fraction of sp³-hybridized carbons (Fsp3) is 0.348. The van der Waals surface area contributed by atoms with Crippen molar-refractivity contribution in [1.82, 2.24) is 4.37 Å². The molecule has 30 heavy (non-hydrogen) atoms. The molecule has 0 aliphatic heterocycles. The minimum atomic E-state index is -0.0733. The van der Waals surface area contributed by atoms with E-state index in [9.17, 15) is 5.11 Å². The fourth-order valence-corrected chi connectivity index (χ4v) is 3.32. The van der Waals surface area contributed by atoms with Crippen molar-refractivity contribution in [2.75, 3.05) is 40.3 Å². The maximum Gasteiger partial charge on any atom is 0.195 e. The molecule has 6 nitrogen and oxygen atoms in total. The van der Waals surface area contributed by atoms with Gasteiger partial charge in [0.25, 0.3) is 0 Å². The van der Waals surface area contributed by atoms with Crippen molar-refractivity contribution >= 4 is 22.8 Å². The largest absolute Gasteiger partial charge is 0.504 e. The van der Waals surface area contributed by atoms with Gasteiger partial charge in [-0.05, 0) is 42.2 Å². The number of anilines is 1. The van der Waals surface area contributed by atoms with Gasteiger partial charge in [0.15, 0.2) is 11.5 Å². The Morgan fingerprint density at radius 2 is 1.70 bits per heavy atom. The Hall–Kier alpha value is -2.93. The van der Waals surface area contributed by atoms with Crippen LogP contribution in [-0.4, -0.2) is 44.9 Å². The zero-order valence-electron chi connectivity index (χ0n) is 19.0. The highest BCUT2D eigenvalue weighted by Crippen LogP contribution is 2.36. The summed E-state index contributed by atoms with van der Waals surface area (Å²) in [7, 11) is 8.55. The Morgan fingerprint density at radius 3 is 2.20 bits per heavy atom. The lowest BCUT2D eigenvalue weighted by molar-refractivity contribution is 0.226. The minimum Gasteiger partial charge on any atom is -0.504 e. The number of aliphatic hydroxyl groups is 1. The molecule has 2 aromatic rings. The van der Waals surface area contributed by atoms with E-state index in [1.807, 2.05) is 39.8 Å². The SMILES string of the molecule is CC.CO/C=C(OC)/C(O)=C\C(=C(/C)OC)c1cnsc1-c1ccc(N(C)C)cc1. The van der Waals surface area contributed by atoms with E-state index in [1.54, 1.807) is 19.4 Å². The van der Waals surface area contributed by atoms with E-state index in [1.165, 1.54) is 32.0 Å². The molecule has 0 spiro atoms.